The van der Waals surface area contributed by atoms with E-state index in [9.17, 15) is 4.79 Å². The number of piperidine rings is 1. The van der Waals surface area contributed by atoms with Gasteiger partial charge in [-0.1, -0.05) is 154 Å². The number of nitrogens with zero attached hydrogens (tertiary/aromatic N) is 1. The van der Waals surface area contributed by atoms with E-state index in [0.717, 1.165) is 37.3 Å². The smallest absolute Gasteiger partial charge is 0.219 e. The van der Waals surface area contributed by atoms with Crippen LogP contribution >= 0.6 is 0 Å². The maximum absolute atomic E-state index is 10.7. The van der Waals surface area contributed by atoms with Crippen LogP contribution in [0.15, 0.2) is 30.3 Å². The summed E-state index contributed by atoms with van der Waals surface area (Å²) in [6.07, 6.45) is 7.27. The van der Waals surface area contributed by atoms with Crippen LogP contribution < -0.4 is 64.7 Å². The summed E-state index contributed by atoms with van der Waals surface area (Å²) in [6.45, 7) is 63.0. The predicted molar refractivity (Wildman–Crippen MR) is 363 cm³/mol. The highest BCUT2D eigenvalue weighted by molar-refractivity contribution is 5.73. The fraction of sp³-hybridized carbons (Fsp3) is 0.679. The van der Waals surface area contributed by atoms with Gasteiger partial charge in [0, 0.05) is 26.1 Å². The first kappa shape index (κ1) is 194. The Hall–Kier alpha value is -5.42. The molecule has 27 N–H and O–H groups in total. The molecule has 514 valence electrons. The van der Waals surface area contributed by atoms with Crippen molar-refractivity contribution < 1.29 is 62.6 Å². The second kappa shape index (κ2) is 494. The van der Waals surface area contributed by atoms with E-state index in [1.54, 1.807) is 20.8 Å². The summed E-state index contributed by atoms with van der Waals surface area (Å²) < 4.78 is 0. The number of carbonyl (C=O) groups is 12. The monoisotopic (exact) mass is 1200 g/mol. The van der Waals surface area contributed by atoms with Crippen molar-refractivity contribution >= 4 is 80.6 Å². The van der Waals surface area contributed by atoms with Crippen molar-refractivity contribution in [3.8, 4) is 0 Å². The molecule has 2 rings (SSSR count). The third kappa shape index (κ3) is 928. The SMILES string of the molecule is C=O.C=O.C=O.C=O.C=O.C=O.C=O.C=O.C=O.C=O.C=O.CC.CC.CC.CC(=O)N1CCCCC1.CC(C)C.CC(C)O.CCC(C)C.CCC(C)C.CCc1ccccc1.CN.CN.CN.CN.CN.CN.CN.N.N.N.N. The van der Waals surface area contributed by atoms with Crippen molar-refractivity contribution in [3.05, 3.63) is 35.9 Å². The molecule has 0 aliphatic carbocycles. The zero-order valence-electron chi connectivity index (χ0n) is 58.3. The first-order chi connectivity index (χ1) is 37.2. The Morgan fingerprint density at radius 1 is 0.407 bits per heavy atom. The van der Waals surface area contributed by atoms with Crippen molar-refractivity contribution in [1.82, 2.24) is 29.5 Å². The Morgan fingerprint density at radius 2 is 0.543 bits per heavy atom. The largest absolute Gasteiger partial charge is 0.394 e. The van der Waals surface area contributed by atoms with Gasteiger partial charge in [-0.2, -0.15) is 0 Å². The minimum atomic E-state index is -0.167. The van der Waals surface area contributed by atoms with Crippen molar-refractivity contribution in [2.45, 2.75) is 176 Å². The van der Waals surface area contributed by atoms with E-state index in [2.05, 4.69) is 134 Å². The molecule has 1 aliphatic rings. The maximum atomic E-state index is 10.7. The highest BCUT2D eigenvalue weighted by Gasteiger charge is 2.11. The Morgan fingerprint density at radius 3 is 0.617 bits per heavy atom. The minimum Gasteiger partial charge on any atom is -0.394 e. The number of aliphatic hydroxyl groups excluding tert-OH is 1. The number of benzene rings is 1. The van der Waals surface area contributed by atoms with E-state index in [1.807, 2.05) is 127 Å². The maximum Gasteiger partial charge on any atom is 0.219 e. The molecule has 1 aliphatic heterocycles. The molecular formula is C56H152N12O13. The lowest BCUT2D eigenvalue weighted by atomic mass is 10.1. The van der Waals surface area contributed by atoms with Crippen molar-refractivity contribution in [2.75, 3.05) is 62.4 Å². The molecule has 1 heterocycles. The predicted octanol–water partition coefficient (Wildman–Crippen LogP) is 8.14. The zero-order chi connectivity index (χ0) is 70.2. The molecule has 1 amide bonds. The normalized spacial score (nSPS) is 6.47. The number of hydrogen-bond acceptors (Lipinski definition) is 24. The zero-order valence-corrected chi connectivity index (χ0v) is 58.3. The summed E-state index contributed by atoms with van der Waals surface area (Å²) in [5, 5.41) is 8.06. The van der Waals surface area contributed by atoms with E-state index < -0.39 is 0 Å². The Labute approximate surface area is 503 Å². The van der Waals surface area contributed by atoms with E-state index in [4.69, 9.17) is 57.8 Å². The lowest BCUT2D eigenvalue weighted by Crippen LogP contribution is -2.33. The molecule has 1 aromatic carbocycles. The van der Waals surface area contributed by atoms with Crippen LogP contribution in [0.1, 0.15) is 169 Å². The number of aliphatic hydroxyl groups is 1. The first-order valence-corrected chi connectivity index (χ1v) is 24.4. The molecular weight excluding hydrogens is 1050 g/mol. The highest BCUT2D eigenvalue weighted by Crippen LogP contribution is 2.07. The third-order valence-corrected chi connectivity index (χ3v) is 4.69. The van der Waals surface area contributed by atoms with Gasteiger partial charge in [0.15, 0.2) is 0 Å². The van der Waals surface area contributed by atoms with Crippen LogP contribution in [0.5, 0.6) is 0 Å². The number of amides is 1. The lowest BCUT2D eigenvalue weighted by molar-refractivity contribution is -0.129. The number of rotatable bonds is 3. The molecule has 0 bridgehead atoms. The third-order valence-electron chi connectivity index (χ3n) is 4.69. The van der Waals surface area contributed by atoms with Crippen LogP contribution in [-0.4, -0.2) is 159 Å². The van der Waals surface area contributed by atoms with Gasteiger partial charge in [0.1, 0.15) is 74.7 Å². The van der Waals surface area contributed by atoms with Crippen LogP contribution in [0, 0.1) is 17.8 Å². The number of nitrogens with two attached hydrogens (primary N) is 7. The van der Waals surface area contributed by atoms with Gasteiger partial charge in [-0.15, -0.1) is 0 Å². The fourth-order valence-electron chi connectivity index (χ4n) is 1.92. The van der Waals surface area contributed by atoms with E-state index in [0.29, 0.717) is 0 Å². The molecule has 0 atom stereocenters. The van der Waals surface area contributed by atoms with E-state index in [1.165, 1.54) is 87.0 Å². The van der Waals surface area contributed by atoms with Crippen molar-refractivity contribution in [2.24, 2.45) is 57.9 Å². The van der Waals surface area contributed by atoms with Crippen LogP contribution in [0.3, 0.4) is 0 Å². The van der Waals surface area contributed by atoms with E-state index >= 15 is 0 Å². The van der Waals surface area contributed by atoms with Crippen molar-refractivity contribution in [3.63, 3.8) is 0 Å². The van der Waals surface area contributed by atoms with Gasteiger partial charge < -0.3 is 127 Å². The van der Waals surface area contributed by atoms with Gasteiger partial charge in [-0.3, -0.25) is 4.79 Å². The molecule has 25 heteroatoms. The molecule has 0 saturated carbocycles. The Kier molecular flexibility index (Phi) is 1180. The molecule has 1 fully saturated rings. The molecule has 0 unspecified atom stereocenters. The standard InChI is InChI=1S/C8H10.C7H13NO.2C5H12.C4H10.C3H8O.3C2H6.7CH5N.11CH2O.4H3N/c1-2-8-6-4-3-5-7-8;1-7(9)8-5-3-2-4-6-8;2*1-4-5(2)3;1-4(2)3;1-3(2)4;21*1-2;;;;/h3-7H,2H2,1H3;2-6H2,1H3;2*5H,4H2,1-3H3;4H,1-3H3;3-4H,1-2H3;3*1-2H3;7*2H2,1H3;11*1H2;4*1H3. The fourth-order valence-corrected chi connectivity index (χ4v) is 1.92. The summed E-state index contributed by atoms with van der Waals surface area (Å²) in [6, 6.07) is 10.5. The average molecular weight is 1200 g/mol. The molecule has 1 aromatic rings. The molecule has 81 heavy (non-hydrogen) atoms. The second-order valence-electron chi connectivity index (χ2n) is 10.8. The summed E-state index contributed by atoms with van der Waals surface area (Å²) in [7, 11) is 10.5. The topological polar surface area (TPSA) is 550 Å². The van der Waals surface area contributed by atoms with Crippen LogP contribution in [0.2, 0.25) is 0 Å². The molecule has 0 aromatic heterocycles. The summed E-state index contributed by atoms with van der Waals surface area (Å²) in [5.41, 5.74) is 32.9. The molecule has 0 spiro atoms. The Bertz CT molecular complexity index is 684. The van der Waals surface area contributed by atoms with Gasteiger partial charge in [0.25, 0.3) is 0 Å². The quantitative estimate of drug-likeness (QED) is 0.136. The van der Waals surface area contributed by atoms with Gasteiger partial charge >= 0.3 is 0 Å². The van der Waals surface area contributed by atoms with Gasteiger partial charge in [-0.25, -0.2) is 0 Å². The van der Waals surface area contributed by atoms with E-state index in [-0.39, 0.29) is 36.6 Å². The molecule has 0 radical (unpaired) electrons. The number of hydrogen-bond donors (Lipinski definition) is 12. The highest BCUT2D eigenvalue weighted by atomic mass is 16.3. The summed E-state index contributed by atoms with van der Waals surface area (Å²) in [5.74, 6) is 2.83. The lowest BCUT2D eigenvalue weighted by Gasteiger charge is -2.24. The number of aryl methyl sites for hydroxylation is 1. The van der Waals surface area contributed by atoms with Crippen molar-refractivity contribution in [1.29, 1.82) is 0 Å². The molecule has 1 saturated heterocycles. The van der Waals surface area contributed by atoms with Gasteiger partial charge in [-0.05, 0) is 112 Å². The minimum absolute atomic E-state index is 0. The van der Waals surface area contributed by atoms with Crippen LogP contribution in [0.4, 0.5) is 0 Å². The summed E-state index contributed by atoms with van der Waals surface area (Å²) in [4.78, 5) is 101. The van der Waals surface area contributed by atoms with Gasteiger partial charge in [0.05, 0.1) is 0 Å². The number of carbonyl (C=O) groups excluding carboxylic acids is 12. The summed E-state index contributed by atoms with van der Waals surface area (Å²) >= 11 is 0. The molecule has 25 nitrogen and oxygen atoms in total. The second-order valence-corrected chi connectivity index (χ2v) is 10.8. The number of likely N-dealkylation sites (tertiary alicyclic amines) is 1. The van der Waals surface area contributed by atoms with Crippen LogP contribution in [-0.2, 0) is 64.0 Å². The van der Waals surface area contributed by atoms with Gasteiger partial charge in [0.2, 0.25) is 5.91 Å². The van der Waals surface area contributed by atoms with Crippen LogP contribution in [0.25, 0.3) is 0 Å². The Balaban J connectivity index is -0.0000000132. The first-order valence-electron chi connectivity index (χ1n) is 24.4. The average Bonchev–Trinajstić information content (AvgIpc) is 3.56.